The Morgan fingerprint density at radius 3 is 3.14 bits per heavy atom. The van der Waals surface area contributed by atoms with Crippen molar-refractivity contribution in [2.24, 2.45) is 0 Å². The van der Waals surface area contributed by atoms with Crippen LogP contribution in [0, 0.1) is 0 Å². The van der Waals surface area contributed by atoms with Gasteiger partial charge in [-0.1, -0.05) is 18.5 Å². The third kappa shape index (κ3) is 1.47. The van der Waals surface area contributed by atoms with Crippen LogP contribution in [0.2, 0.25) is 5.15 Å². The Bertz CT molecular complexity index is 356. The second-order valence-corrected chi connectivity index (χ2v) is 3.85. The summed E-state index contributed by atoms with van der Waals surface area (Å²) in [7, 11) is 0. The third-order valence-electron chi connectivity index (χ3n) is 2.62. The summed E-state index contributed by atoms with van der Waals surface area (Å²) in [6.45, 7) is 2.46. The molecule has 1 N–H and O–H groups in total. The van der Waals surface area contributed by atoms with Crippen LogP contribution in [-0.4, -0.2) is 16.7 Å². The standard InChI is InChI=1S/C10H12ClNO2/c1-2-10(13)5-6-14-7-3-4-8(11)12-9(7)10/h3-4,13H,2,5-6H2,1H3. The lowest BCUT2D eigenvalue weighted by molar-refractivity contribution is -0.0109. The van der Waals surface area contributed by atoms with E-state index >= 15 is 0 Å². The number of rotatable bonds is 1. The number of hydrogen-bond acceptors (Lipinski definition) is 3. The summed E-state index contributed by atoms with van der Waals surface area (Å²) in [5.74, 6) is 0.644. The largest absolute Gasteiger partial charge is 0.491 e. The third-order valence-corrected chi connectivity index (χ3v) is 2.83. The number of pyridine rings is 1. The zero-order chi connectivity index (χ0) is 10.2. The summed E-state index contributed by atoms with van der Waals surface area (Å²) in [4.78, 5) is 4.13. The zero-order valence-corrected chi connectivity index (χ0v) is 8.71. The molecule has 0 radical (unpaired) electrons. The van der Waals surface area contributed by atoms with Crippen molar-refractivity contribution in [2.75, 3.05) is 6.61 Å². The fourth-order valence-electron chi connectivity index (χ4n) is 1.66. The van der Waals surface area contributed by atoms with Gasteiger partial charge < -0.3 is 9.84 Å². The van der Waals surface area contributed by atoms with Crippen LogP contribution >= 0.6 is 11.6 Å². The van der Waals surface area contributed by atoms with Crippen LogP contribution < -0.4 is 4.74 Å². The van der Waals surface area contributed by atoms with Crippen molar-refractivity contribution in [1.29, 1.82) is 0 Å². The molecule has 1 unspecified atom stereocenters. The van der Waals surface area contributed by atoms with Crippen molar-refractivity contribution in [3.05, 3.63) is 23.0 Å². The SMILES string of the molecule is CCC1(O)CCOc2ccc(Cl)nc21. The zero-order valence-electron chi connectivity index (χ0n) is 7.96. The van der Waals surface area contributed by atoms with E-state index in [1.54, 1.807) is 12.1 Å². The minimum absolute atomic E-state index is 0.390. The minimum atomic E-state index is -0.877. The van der Waals surface area contributed by atoms with Gasteiger partial charge in [-0.05, 0) is 18.6 Å². The lowest BCUT2D eigenvalue weighted by Crippen LogP contribution is -2.33. The monoisotopic (exact) mass is 213 g/mol. The Kier molecular flexibility index (Phi) is 2.37. The second-order valence-electron chi connectivity index (χ2n) is 3.46. The Morgan fingerprint density at radius 1 is 1.64 bits per heavy atom. The van der Waals surface area contributed by atoms with Crippen molar-refractivity contribution in [3.8, 4) is 5.75 Å². The summed E-state index contributed by atoms with van der Waals surface area (Å²) < 4.78 is 5.39. The topological polar surface area (TPSA) is 42.4 Å². The molecule has 76 valence electrons. The smallest absolute Gasteiger partial charge is 0.143 e. The maximum Gasteiger partial charge on any atom is 0.143 e. The molecular weight excluding hydrogens is 202 g/mol. The highest BCUT2D eigenvalue weighted by molar-refractivity contribution is 6.29. The van der Waals surface area contributed by atoms with Crippen molar-refractivity contribution in [2.45, 2.75) is 25.4 Å². The van der Waals surface area contributed by atoms with Crippen LogP contribution in [0.4, 0.5) is 0 Å². The molecule has 0 bridgehead atoms. The molecule has 14 heavy (non-hydrogen) atoms. The number of nitrogens with zero attached hydrogens (tertiary/aromatic N) is 1. The van der Waals surface area contributed by atoms with E-state index in [2.05, 4.69) is 4.98 Å². The average molecular weight is 214 g/mol. The first kappa shape index (κ1) is 9.74. The second kappa shape index (κ2) is 3.41. The predicted octanol–water partition coefficient (Wildman–Crippen LogP) is 2.12. The molecule has 4 heteroatoms. The molecule has 3 nitrogen and oxygen atoms in total. The van der Waals surface area contributed by atoms with Gasteiger partial charge in [0.1, 0.15) is 22.2 Å². The Morgan fingerprint density at radius 2 is 2.43 bits per heavy atom. The molecule has 1 atom stereocenters. The highest BCUT2D eigenvalue weighted by Crippen LogP contribution is 2.38. The van der Waals surface area contributed by atoms with Gasteiger partial charge in [-0.15, -0.1) is 0 Å². The van der Waals surface area contributed by atoms with Crippen molar-refractivity contribution in [3.63, 3.8) is 0 Å². The average Bonchev–Trinajstić information content (AvgIpc) is 2.20. The molecule has 0 saturated heterocycles. The molecule has 0 spiro atoms. The van der Waals surface area contributed by atoms with Crippen LogP contribution in [0.25, 0.3) is 0 Å². The predicted molar refractivity (Wildman–Crippen MR) is 53.5 cm³/mol. The van der Waals surface area contributed by atoms with Gasteiger partial charge in [-0.25, -0.2) is 4.98 Å². The van der Waals surface area contributed by atoms with Crippen molar-refractivity contribution in [1.82, 2.24) is 4.98 Å². The summed E-state index contributed by atoms with van der Waals surface area (Å²) in [6, 6.07) is 3.42. The van der Waals surface area contributed by atoms with E-state index in [1.807, 2.05) is 6.92 Å². The molecule has 1 aliphatic heterocycles. The Balaban J connectivity index is 2.52. The van der Waals surface area contributed by atoms with Gasteiger partial charge in [-0.2, -0.15) is 0 Å². The van der Waals surface area contributed by atoms with Crippen LogP contribution in [0.1, 0.15) is 25.5 Å². The molecule has 0 aromatic carbocycles. The molecule has 1 aromatic heterocycles. The Hall–Kier alpha value is -0.800. The van der Waals surface area contributed by atoms with Crippen LogP contribution in [0.3, 0.4) is 0 Å². The maximum atomic E-state index is 10.3. The summed E-state index contributed by atoms with van der Waals surface area (Å²) in [5.41, 5.74) is -0.308. The molecule has 2 heterocycles. The number of hydrogen-bond donors (Lipinski definition) is 1. The molecule has 0 aliphatic carbocycles. The molecule has 1 aliphatic rings. The van der Waals surface area contributed by atoms with E-state index < -0.39 is 5.60 Å². The summed E-state index contributed by atoms with van der Waals surface area (Å²) in [5, 5.41) is 10.6. The van der Waals surface area contributed by atoms with E-state index in [0.29, 0.717) is 36.0 Å². The first-order valence-electron chi connectivity index (χ1n) is 4.68. The van der Waals surface area contributed by atoms with Gasteiger partial charge >= 0.3 is 0 Å². The molecule has 1 aromatic rings. The first-order chi connectivity index (χ1) is 6.65. The van der Waals surface area contributed by atoms with E-state index in [1.165, 1.54) is 0 Å². The molecule has 0 amide bonds. The normalized spacial score (nSPS) is 25.4. The van der Waals surface area contributed by atoms with Gasteiger partial charge in [0.2, 0.25) is 0 Å². The van der Waals surface area contributed by atoms with Gasteiger partial charge in [0.25, 0.3) is 0 Å². The number of aromatic nitrogens is 1. The fourth-order valence-corrected chi connectivity index (χ4v) is 1.81. The van der Waals surface area contributed by atoms with Crippen LogP contribution in [-0.2, 0) is 5.60 Å². The number of aliphatic hydroxyl groups is 1. The van der Waals surface area contributed by atoms with Crippen molar-refractivity contribution < 1.29 is 9.84 Å². The lowest BCUT2D eigenvalue weighted by atomic mass is 9.90. The molecular formula is C10H12ClNO2. The van der Waals surface area contributed by atoms with Gasteiger partial charge in [0.05, 0.1) is 6.61 Å². The summed E-state index contributed by atoms with van der Waals surface area (Å²) in [6.07, 6.45) is 1.19. The fraction of sp³-hybridized carbons (Fsp3) is 0.500. The van der Waals surface area contributed by atoms with Gasteiger partial charge in [-0.3, -0.25) is 0 Å². The lowest BCUT2D eigenvalue weighted by Gasteiger charge is -2.32. The summed E-state index contributed by atoms with van der Waals surface area (Å²) >= 11 is 5.78. The molecule has 0 fully saturated rings. The Labute approximate surface area is 87.7 Å². The van der Waals surface area contributed by atoms with E-state index in [9.17, 15) is 5.11 Å². The van der Waals surface area contributed by atoms with E-state index in [4.69, 9.17) is 16.3 Å². The van der Waals surface area contributed by atoms with Crippen molar-refractivity contribution >= 4 is 11.6 Å². The molecule has 0 saturated carbocycles. The first-order valence-corrected chi connectivity index (χ1v) is 5.06. The van der Waals surface area contributed by atoms with E-state index in [0.717, 1.165) is 0 Å². The van der Waals surface area contributed by atoms with E-state index in [-0.39, 0.29) is 0 Å². The maximum absolute atomic E-state index is 10.3. The highest BCUT2D eigenvalue weighted by atomic mass is 35.5. The quantitative estimate of drug-likeness (QED) is 0.727. The highest BCUT2D eigenvalue weighted by Gasteiger charge is 2.35. The van der Waals surface area contributed by atoms with Crippen LogP contribution in [0.15, 0.2) is 12.1 Å². The number of ether oxygens (including phenoxy) is 1. The number of fused-ring (bicyclic) bond motifs is 1. The van der Waals surface area contributed by atoms with Gasteiger partial charge in [0, 0.05) is 6.42 Å². The molecule has 2 rings (SSSR count). The van der Waals surface area contributed by atoms with Crippen LogP contribution in [0.5, 0.6) is 5.75 Å². The van der Waals surface area contributed by atoms with Gasteiger partial charge in [0.15, 0.2) is 0 Å². The number of halogens is 1. The minimum Gasteiger partial charge on any atom is -0.491 e.